The molecule has 21 heavy (non-hydrogen) atoms. The molecule has 0 radical (unpaired) electrons. The number of hydrogen-bond acceptors (Lipinski definition) is 3. The third kappa shape index (κ3) is 3.07. The van der Waals surface area contributed by atoms with Crippen molar-refractivity contribution >= 4 is 11.8 Å². The van der Waals surface area contributed by atoms with Crippen LogP contribution in [-0.2, 0) is 14.3 Å². The van der Waals surface area contributed by atoms with Crippen LogP contribution in [0.4, 0.5) is 0 Å². The molecule has 2 saturated carbocycles. The summed E-state index contributed by atoms with van der Waals surface area (Å²) in [5.74, 6) is 0.815. The maximum absolute atomic E-state index is 12.9. The summed E-state index contributed by atoms with van der Waals surface area (Å²) in [5.41, 5.74) is -0.627. The van der Waals surface area contributed by atoms with Crippen molar-refractivity contribution in [1.29, 1.82) is 0 Å². The van der Waals surface area contributed by atoms with E-state index in [1.807, 2.05) is 6.92 Å². The van der Waals surface area contributed by atoms with Crippen molar-refractivity contribution in [2.75, 3.05) is 19.8 Å². The second-order valence-electron chi connectivity index (χ2n) is 6.82. The van der Waals surface area contributed by atoms with Gasteiger partial charge in [-0.15, -0.1) is 0 Å². The van der Waals surface area contributed by atoms with Crippen molar-refractivity contribution in [2.24, 2.45) is 5.92 Å². The molecule has 0 bridgehead atoms. The standard InChI is InChI=1S/C16H26N2O3/c1-12-14(19)17-16(7-3-2-4-8-16)15(20)18(12)9-10-21-11-13-5-6-13/h12-13H,2-11H2,1H3,(H,17,19). The Morgan fingerprint density at radius 3 is 2.62 bits per heavy atom. The molecular formula is C16H26N2O3. The summed E-state index contributed by atoms with van der Waals surface area (Å²) in [6.07, 6.45) is 7.30. The van der Waals surface area contributed by atoms with E-state index in [0.717, 1.165) is 44.6 Å². The highest BCUT2D eigenvalue weighted by Crippen LogP contribution is 2.33. The van der Waals surface area contributed by atoms with Gasteiger partial charge in [0, 0.05) is 13.2 Å². The zero-order chi connectivity index (χ0) is 14.9. The lowest BCUT2D eigenvalue weighted by Gasteiger charge is -2.46. The van der Waals surface area contributed by atoms with E-state index >= 15 is 0 Å². The SMILES string of the molecule is CC1C(=O)NC2(CCCCC2)C(=O)N1CCOCC1CC1. The summed E-state index contributed by atoms with van der Waals surface area (Å²) in [7, 11) is 0. The zero-order valence-electron chi connectivity index (χ0n) is 12.9. The zero-order valence-corrected chi connectivity index (χ0v) is 12.9. The van der Waals surface area contributed by atoms with Crippen molar-refractivity contribution in [3.05, 3.63) is 0 Å². The average Bonchev–Trinajstić information content (AvgIpc) is 3.30. The van der Waals surface area contributed by atoms with Gasteiger partial charge >= 0.3 is 0 Å². The number of amides is 2. The van der Waals surface area contributed by atoms with Gasteiger partial charge in [0.15, 0.2) is 0 Å². The van der Waals surface area contributed by atoms with E-state index in [1.165, 1.54) is 12.8 Å². The largest absolute Gasteiger partial charge is 0.379 e. The smallest absolute Gasteiger partial charge is 0.249 e. The maximum atomic E-state index is 12.9. The Morgan fingerprint density at radius 2 is 1.95 bits per heavy atom. The minimum Gasteiger partial charge on any atom is -0.379 e. The van der Waals surface area contributed by atoms with Gasteiger partial charge in [-0.3, -0.25) is 9.59 Å². The van der Waals surface area contributed by atoms with Gasteiger partial charge in [-0.05, 0) is 38.5 Å². The van der Waals surface area contributed by atoms with Gasteiger partial charge in [0.2, 0.25) is 11.8 Å². The van der Waals surface area contributed by atoms with E-state index < -0.39 is 5.54 Å². The Labute approximate surface area is 126 Å². The lowest BCUT2D eigenvalue weighted by Crippen LogP contribution is -2.70. The molecule has 5 heteroatoms. The van der Waals surface area contributed by atoms with E-state index in [1.54, 1.807) is 4.90 Å². The van der Waals surface area contributed by atoms with E-state index in [4.69, 9.17) is 4.74 Å². The highest BCUT2D eigenvalue weighted by atomic mass is 16.5. The fourth-order valence-corrected chi connectivity index (χ4v) is 3.47. The molecule has 1 heterocycles. The summed E-state index contributed by atoms with van der Waals surface area (Å²) in [6, 6.07) is -0.380. The Kier molecular flexibility index (Phi) is 4.20. The molecule has 0 aromatic carbocycles. The first-order valence-corrected chi connectivity index (χ1v) is 8.33. The van der Waals surface area contributed by atoms with Gasteiger partial charge in [-0.1, -0.05) is 19.3 Å². The van der Waals surface area contributed by atoms with Crippen LogP contribution in [0.15, 0.2) is 0 Å². The Bertz CT molecular complexity index is 414. The summed E-state index contributed by atoms with van der Waals surface area (Å²) >= 11 is 0. The van der Waals surface area contributed by atoms with Crippen LogP contribution in [0.3, 0.4) is 0 Å². The summed E-state index contributed by atoms with van der Waals surface area (Å²) in [6.45, 7) is 3.68. The number of carbonyl (C=O) groups is 2. The maximum Gasteiger partial charge on any atom is 0.249 e. The number of carbonyl (C=O) groups excluding carboxylic acids is 2. The van der Waals surface area contributed by atoms with Gasteiger partial charge in [0.25, 0.3) is 0 Å². The van der Waals surface area contributed by atoms with Crippen LogP contribution < -0.4 is 5.32 Å². The van der Waals surface area contributed by atoms with Crippen LogP contribution in [0.25, 0.3) is 0 Å². The normalized spacial score (nSPS) is 28.8. The van der Waals surface area contributed by atoms with Crippen LogP contribution >= 0.6 is 0 Å². The second-order valence-corrected chi connectivity index (χ2v) is 6.82. The molecule has 1 saturated heterocycles. The molecular weight excluding hydrogens is 268 g/mol. The molecule has 0 aromatic rings. The lowest BCUT2D eigenvalue weighted by molar-refractivity contribution is -0.156. The van der Waals surface area contributed by atoms with Crippen LogP contribution in [-0.4, -0.2) is 48.1 Å². The highest BCUT2D eigenvalue weighted by molar-refractivity contribution is 5.99. The summed E-state index contributed by atoms with van der Waals surface area (Å²) < 4.78 is 5.64. The van der Waals surface area contributed by atoms with Gasteiger partial charge < -0.3 is 15.0 Å². The van der Waals surface area contributed by atoms with Crippen molar-refractivity contribution in [2.45, 2.75) is 63.5 Å². The number of hydrogen-bond donors (Lipinski definition) is 1. The third-order valence-electron chi connectivity index (χ3n) is 5.11. The molecule has 3 rings (SSSR count). The molecule has 2 aliphatic carbocycles. The van der Waals surface area contributed by atoms with E-state index in [-0.39, 0.29) is 17.9 Å². The lowest BCUT2D eigenvalue weighted by atomic mass is 9.78. The van der Waals surface area contributed by atoms with Crippen molar-refractivity contribution < 1.29 is 14.3 Å². The topological polar surface area (TPSA) is 58.6 Å². The minimum absolute atomic E-state index is 0.0151. The van der Waals surface area contributed by atoms with Crippen LogP contribution in [0.5, 0.6) is 0 Å². The predicted octanol–water partition coefficient (Wildman–Crippen LogP) is 1.46. The first-order valence-electron chi connectivity index (χ1n) is 8.33. The van der Waals surface area contributed by atoms with Gasteiger partial charge in [0.05, 0.1) is 6.61 Å². The van der Waals surface area contributed by atoms with E-state index in [0.29, 0.717) is 13.2 Å². The fourth-order valence-electron chi connectivity index (χ4n) is 3.47. The highest BCUT2D eigenvalue weighted by Gasteiger charge is 2.49. The monoisotopic (exact) mass is 294 g/mol. The molecule has 1 aliphatic heterocycles. The molecule has 5 nitrogen and oxygen atoms in total. The molecule has 1 atom stereocenters. The first kappa shape index (κ1) is 14.8. The van der Waals surface area contributed by atoms with Crippen molar-refractivity contribution in [3.8, 4) is 0 Å². The quantitative estimate of drug-likeness (QED) is 0.781. The summed E-state index contributed by atoms with van der Waals surface area (Å²) in [4.78, 5) is 26.8. The Hall–Kier alpha value is -1.10. The number of ether oxygens (including phenoxy) is 1. The average molecular weight is 294 g/mol. The molecule has 3 aliphatic rings. The number of nitrogens with zero attached hydrogens (tertiary/aromatic N) is 1. The fraction of sp³-hybridized carbons (Fsp3) is 0.875. The van der Waals surface area contributed by atoms with Crippen molar-refractivity contribution in [3.63, 3.8) is 0 Å². The number of piperazine rings is 1. The predicted molar refractivity (Wildman–Crippen MR) is 78.7 cm³/mol. The van der Waals surface area contributed by atoms with Gasteiger partial charge in [0.1, 0.15) is 11.6 Å². The van der Waals surface area contributed by atoms with Crippen LogP contribution in [0, 0.1) is 5.92 Å². The Morgan fingerprint density at radius 1 is 1.24 bits per heavy atom. The number of nitrogens with one attached hydrogen (secondary N) is 1. The number of rotatable bonds is 5. The minimum atomic E-state index is -0.627. The molecule has 1 unspecified atom stereocenters. The second kappa shape index (κ2) is 5.95. The molecule has 2 amide bonds. The van der Waals surface area contributed by atoms with Gasteiger partial charge in [-0.2, -0.15) is 0 Å². The van der Waals surface area contributed by atoms with Crippen LogP contribution in [0.1, 0.15) is 51.9 Å². The summed E-state index contributed by atoms with van der Waals surface area (Å²) in [5, 5.41) is 3.01. The molecule has 3 fully saturated rings. The van der Waals surface area contributed by atoms with Crippen molar-refractivity contribution in [1.82, 2.24) is 10.2 Å². The van der Waals surface area contributed by atoms with Gasteiger partial charge in [-0.25, -0.2) is 0 Å². The van der Waals surface area contributed by atoms with E-state index in [9.17, 15) is 9.59 Å². The molecule has 0 aromatic heterocycles. The molecule has 1 spiro atoms. The van der Waals surface area contributed by atoms with E-state index in [2.05, 4.69) is 5.32 Å². The third-order valence-corrected chi connectivity index (χ3v) is 5.11. The van der Waals surface area contributed by atoms with Crippen LogP contribution in [0.2, 0.25) is 0 Å². The molecule has 1 N–H and O–H groups in total. The first-order chi connectivity index (χ1) is 10.1. The Balaban J connectivity index is 1.61. The molecule has 118 valence electrons.